The van der Waals surface area contributed by atoms with Crippen LogP contribution in [0.5, 0.6) is 11.5 Å². The van der Waals surface area contributed by atoms with E-state index in [2.05, 4.69) is 61.5 Å². The zero-order chi connectivity index (χ0) is 35.4. The largest absolute Gasteiger partial charge is 0.495 e. The molecule has 0 amide bonds. The van der Waals surface area contributed by atoms with Gasteiger partial charge in [-0.15, -0.1) is 0 Å². The van der Waals surface area contributed by atoms with Crippen LogP contribution in [-0.2, 0) is 6.42 Å². The van der Waals surface area contributed by atoms with Crippen molar-refractivity contribution < 1.29 is 24.5 Å². The van der Waals surface area contributed by atoms with E-state index in [1.54, 1.807) is 6.07 Å². The molecule has 7 unspecified atom stereocenters. The Hall–Kier alpha value is -2.27. The van der Waals surface area contributed by atoms with Crippen molar-refractivity contribution in [3.8, 4) is 11.5 Å². The number of fused-ring (bicyclic) bond motifs is 5. The molecule has 7 atom stereocenters. The molecule has 2 fully saturated rings. The summed E-state index contributed by atoms with van der Waals surface area (Å²) < 4.78 is 11.0. The molecule has 6 rings (SSSR count). The van der Waals surface area contributed by atoms with Gasteiger partial charge in [0, 0.05) is 5.56 Å². The monoisotopic (exact) mass is 662 g/mol. The van der Waals surface area contributed by atoms with Crippen LogP contribution >= 0.6 is 0 Å². The van der Waals surface area contributed by atoms with Crippen LogP contribution in [0.2, 0.25) is 0 Å². The summed E-state index contributed by atoms with van der Waals surface area (Å²) in [7, 11) is 1.49. The molecular weight excluding hydrogens is 596 g/mol. The predicted octanol–water partition coefficient (Wildman–Crippen LogP) is 11.0. The molecule has 2 saturated carbocycles. The van der Waals surface area contributed by atoms with Crippen molar-refractivity contribution in [2.24, 2.45) is 39.4 Å². The third kappa shape index (κ3) is 6.17. The van der Waals surface area contributed by atoms with Crippen LogP contribution < -0.4 is 9.47 Å². The SMILES string of the molecule is CC(C)=CCCC(C)C1CCC2(C)C3=C(CCC12C)C1(C)CCC(O)C(C)(C)C1CC3.COc1c(C(=O)O)ccc2c1CCC(C)(C)O2. The molecule has 5 aliphatic rings. The Morgan fingerprint density at radius 3 is 2.31 bits per heavy atom. The second-order valence-corrected chi connectivity index (χ2v) is 18.4. The summed E-state index contributed by atoms with van der Waals surface area (Å²) in [4.78, 5) is 11.1. The Morgan fingerprint density at radius 2 is 1.67 bits per heavy atom. The lowest BCUT2D eigenvalue weighted by atomic mass is 9.43. The van der Waals surface area contributed by atoms with Crippen LogP contribution in [0.3, 0.4) is 0 Å². The zero-order valence-corrected chi connectivity index (χ0v) is 32.1. The van der Waals surface area contributed by atoms with Crippen LogP contribution in [-0.4, -0.2) is 35.0 Å². The number of carboxylic acid groups (broad SMARTS) is 1. The van der Waals surface area contributed by atoms with E-state index in [0.29, 0.717) is 27.9 Å². The first-order valence-corrected chi connectivity index (χ1v) is 19.0. The summed E-state index contributed by atoms with van der Waals surface area (Å²) in [6, 6.07) is 3.24. The van der Waals surface area contributed by atoms with Gasteiger partial charge in [-0.25, -0.2) is 4.79 Å². The number of hydrogen-bond donors (Lipinski definition) is 2. The van der Waals surface area contributed by atoms with Gasteiger partial charge in [0.15, 0.2) is 0 Å². The highest BCUT2D eigenvalue weighted by Crippen LogP contribution is 2.72. The van der Waals surface area contributed by atoms with Crippen LogP contribution in [0.15, 0.2) is 34.9 Å². The average molecular weight is 663 g/mol. The van der Waals surface area contributed by atoms with E-state index in [1.807, 2.05) is 25.0 Å². The normalized spacial score (nSPS) is 35.0. The van der Waals surface area contributed by atoms with Gasteiger partial charge in [-0.05, 0) is 156 Å². The summed E-state index contributed by atoms with van der Waals surface area (Å²) in [6.07, 6.45) is 16.8. The fraction of sp³-hybridized carbons (Fsp3) is 0.744. The molecule has 0 radical (unpaired) electrons. The molecule has 1 heterocycles. The highest BCUT2D eigenvalue weighted by Gasteiger charge is 2.63. The van der Waals surface area contributed by atoms with E-state index in [1.165, 1.54) is 76.5 Å². The second-order valence-electron chi connectivity index (χ2n) is 18.4. The van der Waals surface area contributed by atoms with Crippen molar-refractivity contribution in [2.75, 3.05) is 7.11 Å². The molecule has 5 heteroatoms. The fourth-order valence-corrected chi connectivity index (χ4v) is 11.6. The van der Waals surface area contributed by atoms with E-state index in [-0.39, 0.29) is 22.7 Å². The summed E-state index contributed by atoms with van der Waals surface area (Å²) in [5, 5.41) is 19.9. The van der Waals surface area contributed by atoms with Crippen molar-refractivity contribution in [3.05, 3.63) is 46.1 Å². The standard InChI is InChI=1S/C30H50O.C13H16O4/c1-20(2)10-9-11-21(3)22-14-18-30(8)24-12-13-25-27(4,5)26(31)16-17-28(25,6)23(24)15-19-29(22,30)7;1-13(2)7-6-8-10(17-13)5-4-9(12(14)15)11(8)16-3/h10,21-22,25-26,31H,9,11-19H2,1-8H3;4-5H,6-7H2,1-3H3,(H,14,15). The Bertz CT molecular complexity index is 1440. The van der Waals surface area contributed by atoms with Gasteiger partial charge in [0.1, 0.15) is 22.7 Å². The molecule has 4 aliphatic carbocycles. The molecular formula is C43H66O5. The third-order valence-corrected chi connectivity index (χ3v) is 14.7. The van der Waals surface area contributed by atoms with Crippen LogP contribution in [0, 0.1) is 39.4 Å². The molecule has 2 N–H and O–H groups in total. The number of aliphatic hydroxyl groups excluding tert-OH is 1. The summed E-state index contributed by atoms with van der Waals surface area (Å²) in [5.41, 5.74) is 7.25. The first kappa shape index (κ1) is 37.0. The Kier molecular flexibility index (Phi) is 10.1. The topological polar surface area (TPSA) is 76.0 Å². The van der Waals surface area contributed by atoms with E-state index in [9.17, 15) is 9.90 Å². The van der Waals surface area contributed by atoms with E-state index < -0.39 is 5.97 Å². The number of hydrogen-bond acceptors (Lipinski definition) is 4. The number of allylic oxidation sites excluding steroid dienone is 4. The van der Waals surface area contributed by atoms with Gasteiger partial charge in [0.05, 0.1) is 13.2 Å². The van der Waals surface area contributed by atoms with Gasteiger partial charge in [0.2, 0.25) is 0 Å². The number of methoxy groups -OCH3 is 1. The molecule has 48 heavy (non-hydrogen) atoms. The molecule has 1 aromatic carbocycles. The fourth-order valence-electron chi connectivity index (χ4n) is 11.6. The Balaban J connectivity index is 0.000000224. The number of rotatable bonds is 6. The van der Waals surface area contributed by atoms with E-state index >= 15 is 0 Å². The van der Waals surface area contributed by atoms with Gasteiger partial charge in [-0.2, -0.15) is 0 Å². The molecule has 0 aromatic heterocycles. The molecule has 0 saturated heterocycles. The van der Waals surface area contributed by atoms with Crippen molar-refractivity contribution in [1.29, 1.82) is 0 Å². The van der Waals surface area contributed by atoms with Crippen LogP contribution in [0.1, 0.15) is 156 Å². The molecule has 1 aromatic rings. The number of carboxylic acids is 1. The first-order chi connectivity index (χ1) is 22.3. The average Bonchev–Trinajstić information content (AvgIpc) is 3.29. The number of ether oxygens (including phenoxy) is 2. The van der Waals surface area contributed by atoms with Gasteiger partial charge >= 0.3 is 5.97 Å². The lowest BCUT2D eigenvalue weighted by molar-refractivity contribution is -0.0962. The zero-order valence-electron chi connectivity index (χ0n) is 32.1. The maximum absolute atomic E-state index is 11.1. The maximum Gasteiger partial charge on any atom is 0.339 e. The second kappa shape index (κ2) is 13.1. The van der Waals surface area contributed by atoms with Gasteiger partial charge in [-0.3, -0.25) is 0 Å². The van der Waals surface area contributed by atoms with Crippen LogP contribution in [0.25, 0.3) is 0 Å². The number of aliphatic hydroxyl groups is 1. The molecule has 0 spiro atoms. The van der Waals surface area contributed by atoms with Crippen LogP contribution in [0.4, 0.5) is 0 Å². The highest BCUT2D eigenvalue weighted by molar-refractivity contribution is 5.92. The molecule has 0 bridgehead atoms. The molecule has 1 aliphatic heterocycles. The minimum atomic E-state index is -0.977. The summed E-state index contributed by atoms with van der Waals surface area (Å²) in [6.45, 7) is 23.7. The van der Waals surface area contributed by atoms with Crippen molar-refractivity contribution in [3.63, 3.8) is 0 Å². The lowest BCUT2D eigenvalue weighted by Crippen LogP contribution is -2.55. The van der Waals surface area contributed by atoms with Gasteiger partial charge in [-0.1, -0.05) is 64.3 Å². The first-order valence-electron chi connectivity index (χ1n) is 19.0. The quantitative estimate of drug-likeness (QED) is 0.297. The molecule has 268 valence electrons. The minimum absolute atomic E-state index is 0.0465. The van der Waals surface area contributed by atoms with E-state index in [4.69, 9.17) is 14.6 Å². The van der Waals surface area contributed by atoms with Crippen molar-refractivity contribution in [1.82, 2.24) is 0 Å². The summed E-state index contributed by atoms with van der Waals surface area (Å²) >= 11 is 0. The Morgan fingerprint density at radius 1 is 0.958 bits per heavy atom. The smallest absolute Gasteiger partial charge is 0.339 e. The number of benzene rings is 1. The van der Waals surface area contributed by atoms with Crippen molar-refractivity contribution in [2.45, 2.75) is 158 Å². The van der Waals surface area contributed by atoms with E-state index in [0.717, 1.165) is 42.4 Å². The third-order valence-electron chi connectivity index (χ3n) is 14.7. The van der Waals surface area contributed by atoms with Gasteiger partial charge < -0.3 is 19.7 Å². The van der Waals surface area contributed by atoms with Gasteiger partial charge in [0.25, 0.3) is 0 Å². The van der Waals surface area contributed by atoms with Crippen molar-refractivity contribution >= 4 is 5.97 Å². The number of aromatic carboxylic acids is 1. The maximum atomic E-state index is 11.1. The predicted molar refractivity (Wildman–Crippen MR) is 196 cm³/mol. The lowest BCUT2D eigenvalue weighted by Gasteiger charge is -2.62. The molecule has 5 nitrogen and oxygen atoms in total. The Labute approximate surface area is 292 Å². The highest BCUT2D eigenvalue weighted by atomic mass is 16.5. The minimum Gasteiger partial charge on any atom is -0.495 e. The number of carbonyl (C=O) groups is 1. The summed E-state index contributed by atoms with van der Waals surface area (Å²) in [5.74, 6) is 2.49.